The van der Waals surface area contributed by atoms with Crippen molar-refractivity contribution in [3.63, 3.8) is 0 Å². The van der Waals surface area contributed by atoms with Gasteiger partial charge >= 0.3 is 5.97 Å². The summed E-state index contributed by atoms with van der Waals surface area (Å²) in [5.74, 6) is 0.227. The number of carbonyl (C=O) groups is 1. The lowest BCUT2D eigenvalue weighted by Gasteiger charge is -2.43. The molecule has 1 saturated heterocycles. The maximum atomic E-state index is 11.5. The van der Waals surface area contributed by atoms with E-state index in [1.807, 2.05) is 0 Å². The van der Waals surface area contributed by atoms with Crippen molar-refractivity contribution in [1.82, 2.24) is 10.2 Å². The third kappa shape index (κ3) is 1.86. The zero-order valence-electron chi connectivity index (χ0n) is 11.2. The van der Waals surface area contributed by atoms with Crippen molar-refractivity contribution in [2.45, 2.75) is 62.6 Å². The fourth-order valence-corrected chi connectivity index (χ4v) is 4.47. The molecule has 4 atom stereocenters. The summed E-state index contributed by atoms with van der Waals surface area (Å²) in [7, 11) is 1.80. The van der Waals surface area contributed by atoms with Gasteiger partial charge in [0, 0.05) is 18.6 Å². The Morgan fingerprint density at radius 2 is 2.17 bits per heavy atom. The number of nitrogens with one attached hydrogen (secondary N) is 1. The van der Waals surface area contributed by atoms with E-state index in [0.717, 1.165) is 31.2 Å². The van der Waals surface area contributed by atoms with Crippen LogP contribution < -0.4 is 5.32 Å². The molecule has 1 heterocycles. The van der Waals surface area contributed by atoms with Crippen LogP contribution in [0, 0.1) is 5.92 Å². The van der Waals surface area contributed by atoms with E-state index in [4.69, 9.17) is 0 Å². The van der Waals surface area contributed by atoms with E-state index in [0.29, 0.717) is 6.04 Å². The Kier molecular flexibility index (Phi) is 3.10. The molecule has 2 N–H and O–H groups in total. The summed E-state index contributed by atoms with van der Waals surface area (Å²) in [5.41, 5.74) is -0.676. The molecule has 3 aliphatic rings. The van der Waals surface area contributed by atoms with Gasteiger partial charge in [0.15, 0.2) is 0 Å². The topological polar surface area (TPSA) is 52.6 Å². The molecule has 102 valence electrons. The maximum absolute atomic E-state index is 11.5. The van der Waals surface area contributed by atoms with Crippen LogP contribution in [0.1, 0.15) is 44.9 Å². The minimum Gasteiger partial charge on any atom is -0.480 e. The molecule has 1 aliphatic heterocycles. The smallest absolute Gasteiger partial charge is 0.323 e. The Balaban J connectivity index is 1.72. The third-order valence-electron chi connectivity index (χ3n) is 5.53. The SMILES string of the molecule is CNC1(C(=O)O)CCCC(N2CC3CCC2C3)C1. The van der Waals surface area contributed by atoms with Gasteiger partial charge in [-0.05, 0) is 57.9 Å². The first-order valence-corrected chi connectivity index (χ1v) is 7.33. The van der Waals surface area contributed by atoms with Gasteiger partial charge in [-0.1, -0.05) is 0 Å². The van der Waals surface area contributed by atoms with E-state index >= 15 is 0 Å². The van der Waals surface area contributed by atoms with Crippen molar-refractivity contribution >= 4 is 5.97 Å². The standard InChI is InChI=1S/C14H24N2O2/c1-15-14(13(17)18)6-2-3-12(8-14)16-9-10-4-5-11(16)7-10/h10-12,15H,2-9H2,1H3,(H,17,18). The number of hydrogen-bond donors (Lipinski definition) is 2. The number of carboxylic acids is 1. The molecule has 3 fully saturated rings. The van der Waals surface area contributed by atoms with Crippen molar-refractivity contribution in [3.8, 4) is 0 Å². The average molecular weight is 252 g/mol. The van der Waals surface area contributed by atoms with Gasteiger partial charge in [-0.25, -0.2) is 0 Å². The monoisotopic (exact) mass is 252 g/mol. The van der Waals surface area contributed by atoms with Crippen LogP contribution >= 0.6 is 0 Å². The largest absolute Gasteiger partial charge is 0.480 e. The first kappa shape index (κ1) is 12.4. The highest BCUT2D eigenvalue weighted by Crippen LogP contribution is 2.42. The van der Waals surface area contributed by atoms with Crippen LogP contribution in [0.15, 0.2) is 0 Å². The van der Waals surface area contributed by atoms with Crippen LogP contribution in [0.5, 0.6) is 0 Å². The summed E-state index contributed by atoms with van der Waals surface area (Å²) < 4.78 is 0. The minimum absolute atomic E-state index is 0.484. The molecular formula is C14H24N2O2. The van der Waals surface area contributed by atoms with E-state index < -0.39 is 11.5 Å². The van der Waals surface area contributed by atoms with Gasteiger partial charge in [-0.2, -0.15) is 0 Å². The van der Waals surface area contributed by atoms with Gasteiger partial charge in [0.2, 0.25) is 0 Å². The van der Waals surface area contributed by atoms with Gasteiger partial charge in [-0.15, -0.1) is 0 Å². The first-order valence-electron chi connectivity index (χ1n) is 7.33. The van der Waals surface area contributed by atoms with E-state index in [-0.39, 0.29) is 0 Å². The molecule has 3 rings (SSSR count). The molecule has 0 amide bonds. The molecule has 2 aliphatic carbocycles. The van der Waals surface area contributed by atoms with Gasteiger partial charge in [0.1, 0.15) is 5.54 Å². The summed E-state index contributed by atoms with van der Waals surface area (Å²) in [4.78, 5) is 14.2. The van der Waals surface area contributed by atoms with Gasteiger partial charge < -0.3 is 10.4 Å². The summed E-state index contributed by atoms with van der Waals surface area (Å²) in [6, 6.07) is 1.24. The molecule has 2 saturated carbocycles. The second-order valence-corrected chi connectivity index (χ2v) is 6.42. The quantitative estimate of drug-likeness (QED) is 0.798. The molecule has 0 spiro atoms. The highest BCUT2D eigenvalue weighted by atomic mass is 16.4. The minimum atomic E-state index is -0.676. The zero-order valence-corrected chi connectivity index (χ0v) is 11.2. The molecule has 4 heteroatoms. The number of fused-ring (bicyclic) bond motifs is 2. The lowest BCUT2D eigenvalue weighted by Crippen LogP contribution is -2.58. The van der Waals surface area contributed by atoms with Crippen molar-refractivity contribution in [2.24, 2.45) is 5.92 Å². The second-order valence-electron chi connectivity index (χ2n) is 6.42. The molecule has 4 nitrogen and oxygen atoms in total. The van der Waals surface area contributed by atoms with Gasteiger partial charge in [-0.3, -0.25) is 9.69 Å². The van der Waals surface area contributed by atoms with E-state index in [2.05, 4.69) is 10.2 Å². The average Bonchev–Trinajstić information content (AvgIpc) is 3.00. The molecule has 0 aromatic rings. The molecule has 4 unspecified atom stereocenters. The summed E-state index contributed by atoms with van der Waals surface area (Å²) in [5, 5.41) is 12.6. The Bertz CT molecular complexity index is 347. The van der Waals surface area contributed by atoms with E-state index in [1.54, 1.807) is 7.05 Å². The molecule has 2 bridgehead atoms. The van der Waals surface area contributed by atoms with Crippen molar-refractivity contribution < 1.29 is 9.90 Å². The van der Waals surface area contributed by atoms with Crippen LogP contribution in [0.4, 0.5) is 0 Å². The summed E-state index contributed by atoms with van der Waals surface area (Å²) >= 11 is 0. The van der Waals surface area contributed by atoms with Crippen LogP contribution in [0.2, 0.25) is 0 Å². The van der Waals surface area contributed by atoms with Crippen molar-refractivity contribution in [1.29, 1.82) is 0 Å². The third-order valence-corrected chi connectivity index (χ3v) is 5.53. The number of likely N-dealkylation sites (N-methyl/N-ethyl adjacent to an activating group) is 1. The highest BCUT2D eigenvalue weighted by Gasteiger charge is 2.47. The Morgan fingerprint density at radius 1 is 1.33 bits per heavy atom. The normalized spacial score (nSPS) is 44.4. The van der Waals surface area contributed by atoms with Crippen LogP contribution in [0.3, 0.4) is 0 Å². The van der Waals surface area contributed by atoms with Crippen molar-refractivity contribution in [3.05, 3.63) is 0 Å². The molecule has 18 heavy (non-hydrogen) atoms. The molecule has 0 aromatic heterocycles. The highest BCUT2D eigenvalue weighted by molar-refractivity contribution is 5.79. The Labute approximate surface area is 109 Å². The number of rotatable bonds is 3. The van der Waals surface area contributed by atoms with Crippen molar-refractivity contribution in [2.75, 3.05) is 13.6 Å². The molecule has 0 aromatic carbocycles. The lowest BCUT2D eigenvalue weighted by molar-refractivity contribution is -0.147. The fourth-order valence-electron chi connectivity index (χ4n) is 4.47. The number of aliphatic carboxylic acids is 1. The summed E-state index contributed by atoms with van der Waals surface area (Å²) in [6.45, 7) is 1.22. The second kappa shape index (κ2) is 4.49. The molecule has 0 radical (unpaired) electrons. The number of likely N-dealkylation sites (tertiary alicyclic amines) is 1. The van der Waals surface area contributed by atoms with E-state index in [9.17, 15) is 9.90 Å². The number of piperidine rings is 1. The van der Waals surface area contributed by atoms with Gasteiger partial charge in [0.25, 0.3) is 0 Å². The van der Waals surface area contributed by atoms with Crippen LogP contribution in [-0.2, 0) is 4.79 Å². The van der Waals surface area contributed by atoms with Crippen LogP contribution in [-0.4, -0.2) is 47.2 Å². The number of carboxylic acid groups (broad SMARTS) is 1. The Morgan fingerprint density at radius 3 is 2.72 bits per heavy atom. The van der Waals surface area contributed by atoms with Gasteiger partial charge in [0.05, 0.1) is 0 Å². The Hall–Kier alpha value is -0.610. The van der Waals surface area contributed by atoms with E-state index in [1.165, 1.54) is 32.2 Å². The fraction of sp³-hybridized carbons (Fsp3) is 0.929. The predicted molar refractivity (Wildman–Crippen MR) is 69.5 cm³/mol. The maximum Gasteiger partial charge on any atom is 0.323 e. The van der Waals surface area contributed by atoms with Crippen LogP contribution in [0.25, 0.3) is 0 Å². The molecular weight excluding hydrogens is 228 g/mol. The zero-order chi connectivity index (χ0) is 12.8. The number of hydrogen-bond acceptors (Lipinski definition) is 3. The number of nitrogens with zero attached hydrogens (tertiary/aromatic N) is 1. The first-order chi connectivity index (χ1) is 8.64. The summed E-state index contributed by atoms with van der Waals surface area (Å²) in [6.07, 6.45) is 7.85. The lowest BCUT2D eigenvalue weighted by atomic mass is 9.78. The predicted octanol–water partition coefficient (Wildman–Crippen LogP) is 1.46.